The molecule has 4 aliphatic rings. The standard InChI is InChI=1S/C42H56F3N9O6S/c1-41(2,57)28-47-25-32(24-46)38-36(42(43,44)45)26-48-40(51-38)49-33-12-20-54(21-13-33)61(58,59)53-18-10-30(11-19-53)27-52-16-14-34(15-17-52)60-22-4-6-29-5-3-7-31(23-29)35-8-9-37(55)50-39(35)56/h3,5,7,23-26,30,33-35,57H,8-22,27-28H2,1-2H3,(H4-,46,47,48,49,50,51,55,56,58,59)/p+1. The number of aliphatic imine (C=N–C) groups is 1. The molecule has 2 amide bonds. The number of halogens is 3. The van der Waals surface area contributed by atoms with Gasteiger partial charge in [-0.15, -0.1) is 0 Å². The SMILES string of the molecule is CC(C)(O)CN=C/C(=C\N)c1nc(NC2CCN([S+](=O)(O)N3CCC(CN4CCC(OCC#Cc5cccc(C6CCC(=O)NC6=O)c5)CC4)CC3)CC2)ncc1C(F)(F)F. The van der Waals surface area contributed by atoms with E-state index in [1.165, 1.54) is 13.8 Å². The van der Waals surface area contributed by atoms with Crippen LogP contribution in [0, 0.1) is 17.8 Å². The summed E-state index contributed by atoms with van der Waals surface area (Å²) in [7, 11) is -3.44. The van der Waals surface area contributed by atoms with Crippen LogP contribution in [0.3, 0.4) is 0 Å². The van der Waals surface area contributed by atoms with Gasteiger partial charge in [-0.1, -0.05) is 32.6 Å². The van der Waals surface area contributed by atoms with Crippen LogP contribution in [0.1, 0.15) is 93.5 Å². The number of likely N-dealkylation sites (tertiary alicyclic amines) is 1. The molecule has 332 valence electrons. The van der Waals surface area contributed by atoms with E-state index in [1.807, 2.05) is 24.3 Å². The largest absolute Gasteiger partial charge is 0.419 e. The molecule has 2 aromatic rings. The Morgan fingerprint density at radius 3 is 2.39 bits per heavy atom. The van der Waals surface area contributed by atoms with Gasteiger partial charge in [-0.05, 0) is 86.6 Å². The molecule has 1 aromatic heterocycles. The lowest BCUT2D eigenvalue weighted by molar-refractivity contribution is -0.138. The first kappa shape index (κ1) is 46.2. The monoisotopic (exact) mass is 872 g/mol. The average molecular weight is 873 g/mol. The van der Waals surface area contributed by atoms with Gasteiger partial charge in [0.25, 0.3) is 0 Å². The van der Waals surface area contributed by atoms with Crippen molar-refractivity contribution in [3.8, 4) is 11.8 Å². The third kappa shape index (κ3) is 12.9. The summed E-state index contributed by atoms with van der Waals surface area (Å²) in [4.78, 5) is 38.3. The first-order valence-electron chi connectivity index (χ1n) is 20.9. The Morgan fingerprint density at radius 1 is 1.07 bits per heavy atom. The number of imide groups is 1. The minimum absolute atomic E-state index is 0.0296. The van der Waals surface area contributed by atoms with E-state index in [0.717, 1.165) is 68.9 Å². The van der Waals surface area contributed by atoms with Gasteiger partial charge < -0.3 is 25.8 Å². The van der Waals surface area contributed by atoms with Crippen LogP contribution in [0.5, 0.6) is 0 Å². The number of rotatable bonds is 13. The number of benzene rings is 1. The Morgan fingerprint density at radius 2 is 1.75 bits per heavy atom. The molecule has 1 aromatic carbocycles. The van der Waals surface area contributed by atoms with Crippen molar-refractivity contribution in [1.29, 1.82) is 0 Å². The van der Waals surface area contributed by atoms with Crippen LogP contribution in [0.15, 0.2) is 41.7 Å². The highest BCUT2D eigenvalue weighted by molar-refractivity contribution is 7.93. The molecule has 6 rings (SSSR count). The van der Waals surface area contributed by atoms with Gasteiger partial charge in [0.1, 0.15) is 12.2 Å². The van der Waals surface area contributed by atoms with Crippen molar-refractivity contribution >= 4 is 40.1 Å². The second kappa shape index (κ2) is 20.3. The number of hydrogen-bond acceptors (Lipinski definition) is 11. The molecule has 19 heteroatoms. The number of ether oxygens (including phenoxy) is 1. The lowest BCUT2D eigenvalue weighted by Crippen LogP contribution is -2.55. The van der Waals surface area contributed by atoms with Gasteiger partial charge in [0.2, 0.25) is 17.8 Å². The number of carbonyl (C=O) groups excluding carboxylic acids is 2. The number of hydrogen-bond donors (Lipinski definition) is 5. The van der Waals surface area contributed by atoms with Gasteiger partial charge in [-0.3, -0.25) is 19.9 Å². The van der Waals surface area contributed by atoms with Crippen molar-refractivity contribution < 1.29 is 41.4 Å². The number of nitrogens with zero attached hydrogens (tertiary/aromatic N) is 6. The molecule has 0 bridgehead atoms. The van der Waals surface area contributed by atoms with E-state index >= 15 is 0 Å². The second-order valence-electron chi connectivity index (χ2n) is 16.8. The second-order valence-corrected chi connectivity index (χ2v) is 18.8. The summed E-state index contributed by atoms with van der Waals surface area (Å²) in [5.41, 5.74) is 4.56. The normalized spacial score (nSPS) is 22.5. The van der Waals surface area contributed by atoms with E-state index in [4.69, 9.17) is 10.5 Å². The van der Waals surface area contributed by atoms with Crippen molar-refractivity contribution in [3.05, 3.63) is 59.0 Å². The van der Waals surface area contributed by atoms with Crippen molar-refractivity contribution in [2.24, 2.45) is 16.6 Å². The Balaban J connectivity index is 0.906. The Bertz CT molecular complexity index is 2030. The molecule has 4 aliphatic heterocycles. The molecule has 2 atom stereocenters. The highest BCUT2D eigenvalue weighted by Gasteiger charge is 2.46. The Hall–Kier alpha value is -4.29. The van der Waals surface area contributed by atoms with Gasteiger partial charge in [0.05, 0.1) is 43.0 Å². The predicted octanol–water partition coefficient (Wildman–Crippen LogP) is 4.08. The number of aromatic nitrogens is 2. The lowest BCUT2D eigenvalue weighted by atomic mass is 9.90. The zero-order valence-electron chi connectivity index (χ0n) is 34.7. The lowest BCUT2D eigenvalue weighted by Gasteiger charge is -2.38. The molecule has 2 unspecified atom stereocenters. The Labute approximate surface area is 356 Å². The molecule has 4 saturated heterocycles. The van der Waals surface area contributed by atoms with E-state index in [9.17, 15) is 36.6 Å². The minimum Gasteiger partial charge on any atom is -0.404 e. The molecule has 5 heterocycles. The molecule has 61 heavy (non-hydrogen) atoms. The maximum absolute atomic E-state index is 13.9. The number of alkyl halides is 3. The number of piperidine rings is 4. The van der Waals surface area contributed by atoms with Crippen molar-refractivity contribution in [1.82, 2.24) is 28.8 Å². The van der Waals surface area contributed by atoms with Crippen LogP contribution in [-0.2, 0) is 35.3 Å². The topological polar surface area (TPSA) is 199 Å². The van der Waals surface area contributed by atoms with E-state index in [1.54, 1.807) is 8.61 Å². The number of nitrogens with two attached hydrogens (primary N) is 1. The fourth-order valence-electron chi connectivity index (χ4n) is 8.11. The number of allylic oxidation sites excluding steroid dienone is 1. The fourth-order valence-corrected chi connectivity index (χ4v) is 9.81. The fraction of sp³-hybridized carbons (Fsp3) is 0.595. The number of anilines is 1. The smallest absolute Gasteiger partial charge is 0.404 e. The van der Waals surface area contributed by atoms with E-state index in [-0.39, 0.29) is 47.9 Å². The van der Waals surface area contributed by atoms with Crippen LogP contribution in [0.25, 0.3) is 5.57 Å². The Kier molecular flexibility index (Phi) is 15.4. The van der Waals surface area contributed by atoms with E-state index < -0.39 is 33.6 Å². The predicted molar refractivity (Wildman–Crippen MR) is 226 cm³/mol. The molecule has 0 aliphatic carbocycles. The highest BCUT2D eigenvalue weighted by Crippen LogP contribution is 2.34. The summed E-state index contributed by atoms with van der Waals surface area (Å²) in [6, 6.07) is 7.32. The maximum Gasteiger partial charge on any atom is 0.419 e. The summed E-state index contributed by atoms with van der Waals surface area (Å²) in [6.07, 6.45) is 3.33. The summed E-state index contributed by atoms with van der Waals surface area (Å²) in [5, 5.41) is 15.4. The van der Waals surface area contributed by atoms with Crippen LogP contribution < -0.4 is 16.4 Å². The van der Waals surface area contributed by atoms with Gasteiger partial charge >= 0.3 is 16.8 Å². The molecule has 6 N–H and O–H groups in total. The molecule has 4 fully saturated rings. The minimum atomic E-state index is -4.75. The third-order valence-corrected chi connectivity index (χ3v) is 13.6. The third-order valence-electron chi connectivity index (χ3n) is 11.5. The van der Waals surface area contributed by atoms with Crippen LogP contribution in [-0.4, -0.2) is 128 Å². The maximum atomic E-state index is 13.9. The zero-order chi connectivity index (χ0) is 43.8. The molecular formula is C42H57F3N9O6S+. The summed E-state index contributed by atoms with van der Waals surface area (Å²) >= 11 is 0. The van der Waals surface area contributed by atoms with Crippen molar-refractivity contribution in [3.63, 3.8) is 0 Å². The molecule has 15 nitrogen and oxygen atoms in total. The van der Waals surface area contributed by atoms with Gasteiger partial charge in [0, 0.05) is 74.9 Å². The van der Waals surface area contributed by atoms with E-state index in [2.05, 4.69) is 42.3 Å². The van der Waals surface area contributed by atoms with Gasteiger partial charge in [-0.2, -0.15) is 17.7 Å². The molecule has 0 radical (unpaired) electrons. The first-order chi connectivity index (χ1) is 29.0. The van der Waals surface area contributed by atoms with Crippen molar-refractivity contribution in [2.75, 3.05) is 64.3 Å². The van der Waals surface area contributed by atoms with Crippen LogP contribution >= 0.6 is 0 Å². The number of carbonyl (C=O) groups is 2. The summed E-state index contributed by atoms with van der Waals surface area (Å²) in [6.45, 7) is 7.66. The van der Waals surface area contributed by atoms with Crippen LogP contribution in [0.2, 0.25) is 0 Å². The van der Waals surface area contributed by atoms with Crippen molar-refractivity contribution in [2.45, 2.75) is 95.1 Å². The molecular weight excluding hydrogens is 816 g/mol. The average Bonchev–Trinajstić information content (AvgIpc) is 3.21. The van der Waals surface area contributed by atoms with Gasteiger partial charge in [-0.25, -0.2) is 9.97 Å². The highest BCUT2D eigenvalue weighted by atomic mass is 32.3. The van der Waals surface area contributed by atoms with Crippen LogP contribution in [0.4, 0.5) is 19.1 Å². The number of amides is 2. The number of nitrogens with one attached hydrogen (secondary N) is 2. The molecule has 0 spiro atoms. The number of aliphatic hydroxyl groups is 1. The summed E-state index contributed by atoms with van der Waals surface area (Å²) in [5.74, 6) is 5.77. The van der Waals surface area contributed by atoms with E-state index in [0.29, 0.717) is 70.6 Å². The first-order valence-corrected chi connectivity index (χ1v) is 22.3. The van der Waals surface area contributed by atoms with Gasteiger partial charge in [0.15, 0.2) is 0 Å². The zero-order valence-corrected chi connectivity index (χ0v) is 35.5. The summed E-state index contributed by atoms with van der Waals surface area (Å²) < 4.78 is 76.1. The quantitative estimate of drug-likeness (QED) is 0.0842. The molecule has 0 saturated carbocycles.